The van der Waals surface area contributed by atoms with E-state index in [2.05, 4.69) is 0 Å². The monoisotopic (exact) mass is 774 g/mol. The van der Waals surface area contributed by atoms with E-state index in [9.17, 15) is 9.59 Å². The second-order valence-electron chi connectivity index (χ2n) is 13.3. The third-order valence-electron chi connectivity index (χ3n) is 8.94. The van der Waals surface area contributed by atoms with Gasteiger partial charge in [-0.2, -0.15) is 0 Å². The van der Waals surface area contributed by atoms with E-state index in [4.69, 9.17) is 28.4 Å². The minimum Gasteiger partial charge on any atom is -0.493 e. The summed E-state index contributed by atoms with van der Waals surface area (Å²) in [5, 5.41) is 0. The van der Waals surface area contributed by atoms with Gasteiger partial charge in [-0.25, -0.2) is 9.59 Å². The van der Waals surface area contributed by atoms with Gasteiger partial charge in [0, 0.05) is 29.5 Å². The molecule has 0 unspecified atom stereocenters. The van der Waals surface area contributed by atoms with Gasteiger partial charge in [0.25, 0.3) is 0 Å². The van der Waals surface area contributed by atoms with Crippen molar-refractivity contribution in [3.8, 4) is 56.4 Å². The summed E-state index contributed by atoms with van der Waals surface area (Å²) in [6.07, 6.45) is 3.89. The van der Waals surface area contributed by atoms with Crippen LogP contribution in [0.1, 0.15) is 26.7 Å². The predicted octanol–water partition coefficient (Wildman–Crippen LogP) is 11.3. The zero-order valence-electron chi connectivity index (χ0n) is 32.7. The molecule has 0 aromatic heterocycles. The van der Waals surface area contributed by atoms with Crippen molar-refractivity contribution >= 4 is 11.9 Å². The number of ether oxygens (including phenoxy) is 6. The van der Waals surface area contributed by atoms with E-state index in [1.54, 1.807) is 13.8 Å². The molecule has 0 fully saturated rings. The molecule has 0 heterocycles. The highest BCUT2D eigenvalue weighted by Gasteiger charge is 2.12. The number of esters is 2. The molecule has 6 rings (SSSR count). The van der Waals surface area contributed by atoms with Crippen molar-refractivity contribution in [3.05, 3.63) is 181 Å². The number of hydrogen-bond acceptors (Lipinski definition) is 8. The molecule has 0 amide bonds. The van der Waals surface area contributed by atoms with Crippen molar-refractivity contribution < 1.29 is 38.0 Å². The van der Waals surface area contributed by atoms with Crippen LogP contribution in [0.2, 0.25) is 0 Å². The Hall–Kier alpha value is -7.06. The molecular formula is C50H46O8. The summed E-state index contributed by atoms with van der Waals surface area (Å²) in [4.78, 5) is 25.2. The van der Waals surface area contributed by atoms with Crippen LogP contribution in [0.4, 0.5) is 0 Å². The van der Waals surface area contributed by atoms with Crippen LogP contribution >= 0.6 is 0 Å². The number of benzene rings is 6. The lowest BCUT2D eigenvalue weighted by Crippen LogP contribution is -2.10. The Morgan fingerprint density at radius 1 is 0.414 bits per heavy atom. The molecular weight excluding hydrogens is 729 g/mol. The van der Waals surface area contributed by atoms with Gasteiger partial charge in [-0.3, -0.25) is 0 Å². The summed E-state index contributed by atoms with van der Waals surface area (Å²) in [7, 11) is 0. The summed E-state index contributed by atoms with van der Waals surface area (Å²) in [5.41, 5.74) is 6.53. The Balaban J connectivity index is 0.893. The van der Waals surface area contributed by atoms with E-state index >= 15 is 0 Å². The quantitative estimate of drug-likeness (QED) is 0.0348. The second kappa shape index (κ2) is 21.3. The summed E-state index contributed by atoms with van der Waals surface area (Å²) in [6.45, 7) is 4.49. The molecule has 58 heavy (non-hydrogen) atoms. The molecule has 0 N–H and O–H groups in total. The standard InChI is InChI=1S/C50H46O8/c1-37(35-57-47-25-13-10-21-43(47)39-17-5-3-6-18-39)49(51)55-33-15-31-53-42-29-27-41(28-30-42)45-23-9-12-24-46(45)54-32-16-34-56-50(52)38(2)36-58-48-26-14-11-22-44(48)40-19-7-4-8-20-40/h3-14,17-30,35-36H,15-16,31-34H2,1-2H3. The van der Waals surface area contributed by atoms with Gasteiger partial charge in [0.15, 0.2) is 0 Å². The largest absolute Gasteiger partial charge is 0.493 e. The van der Waals surface area contributed by atoms with Gasteiger partial charge in [-0.1, -0.05) is 127 Å². The highest BCUT2D eigenvalue weighted by atomic mass is 16.5. The molecule has 0 saturated heterocycles. The average molecular weight is 775 g/mol. The first kappa shape index (κ1) is 40.6. The van der Waals surface area contributed by atoms with E-state index in [1.807, 2.05) is 158 Å². The van der Waals surface area contributed by atoms with Crippen LogP contribution in [-0.4, -0.2) is 38.4 Å². The minimum absolute atomic E-state index is 0.201. The molecule has 0 aliphatic heterocycles. The number of para-hydroxylation sites is 3. The Bertz CT molecular complexity index is 2300. The van der Waals surface area contributed by atoms with Crippen LogP contribution in [0, 0.1) is 0 Å². The van der Waals surface area contributed by atoms with Crippen LogP contribution in [0.15, 0.2) is 181 Å². The summed E-state index contributed by atoms with van der Waals surface area (Å²) < 4.78 is 34.7. The predicted molar refractivity (Wildman–Crippen MR) is 227 cm³/mol. The number of carbonyl (C=O) groups excluding carboxylic acids is 2. The summed E-state index contributed by atoms with van der Waals surface area (Å²) in [6, 6.07) is 50.7. The van der Waals surface area contributed by atoms with E-state index in [0.717, 1.165) is 39.1 Å². The lowest BCUT2D eigenvalue weighted by atomic mass is 10.0. The third kappa shape index (κ3) is 11.7. The Kier molecular flexibility index (Phi) is 14.9. The van der Waals surface area contributed by atoms with Gasteiger partial charge in [-0.05, 0) is 60.9 Å². The van der Waals surface area contributed by atoms with Crippen molar-refractivity contribution in [2.75, 3.05) is 26.4 Å². The molecule has 6 aromatic carbocycles. The molecule has 6 aromatic rings. The van der Waals surface area contributed by atoms with Crippen molar-refractivity contribution in [2.24, 2.45) is 0 Å². The minimum atomic E-state index is -0.448. The van der Waals surface area contributed by atoms with E-state index in [-0.39, 0.29) is 13.2 Å². The van der Waals surface area contributed by atoms with Crippen molar-refractivity contribution in [1.29, 1.82) is 0 Å². The second-order valence-corrected chi connectivity index (χ2v) is 13.3. The summed E-state index contributed by atoms with van der Waals surface area (Å²) >= 11 is 0. The molecule has 0 bridgehead atoms. The van der Waals surface area contributed by atoms with E-state index in [1.165, 1.54) is 12.5 Å². The lowest BCUT2D eigenvalue weighted by Gasteiger charge is -2.13. The van der Waals surface area contributed by atoms with E-state index in [0.29, 0.717) is 54.5 Å². The molecule has 0 aliphatic rings. The molecule has 294 valence electrons. The maximum Gasteiger partial charge on any atom is 0.336 e. The molecule has 0 radical (unpaired) electrons. The first-order valence-electron chi connectivity index (χ1n) is 19.2. The van der Waals surface area contributed by atoms with Crippen molar-refractivity contribution in [2.45, 2.75) is 26.7 Å². The number of hydrogen-bond donors (Lipinski definition) is 0. The SMILES string of the molecule is CC(=COc1ccccc1-c1ccccc1)C(=O)OCCCOc1ccc(-c2ccccc2OCCCOC(=O)C(C)=COc2ccccc2-c2ccccc2)cc1. The first-order chi connectivity index (χ1) is 28.5. The van der Waals surface area contributed by atoms with Gasteiger partial charge in [0.2, 0.25) is 0 Å². The normalized spacial score (nSPS) is 11.3. The fourth-order valence-corrected chi connectivity index (χ4v) is 5.86. The highest BCUT2D eigenvalue weighted by molar-refractivity contribution is 5.88. The van der Waals surface area contributed by atoms with Gasteiger partial charge in [0.1, 0.15) is 35.5 Å². The average Bonchev–Trinajstić information content (AvgIpc) is 3.28. The van der Waals surface area contributed by atoms with Crippen LogP contribution in [0.3, 0.4) is 0 Å². The fourth-order valence-electron chi connectivity index (χ4n) is 5.86. The van der Waals surface area contributed by atoms with Gasteiger partial charge >= 0.3 is 11.9 Å². The molecule has 0 saturated carbocycles. The summed E-state index contributed by atoms with van der Waals surface area (Å²) in [5.74, 6) is 1.83. The number of carbonyl (C=O) groups is 2. The topological polar surface area (TPSA) is 89.5 Å². The molecule has 8 nitrogen and oxygen atoms in total. The Labute approximate surface area is 339 Å². The molecule has 0 aliphatic carbocycles. The van der Waals surface area contributed by atoms with Gasteiger partial charge < -0.3 is 28.4 Å². The zero-order chi connectivity index (χ0) is 40.4. The fraction of sp³-hybridized carbons (Fsp3) is 0.160. The Morgan fingerprint density at radius 3 is 1.28 bits per heavy atom. The van der Waals surface area contributed by atoms with E-state index < -0.39 is 11.9 Å². The third-order valence-corrected chi connectivity index (χ3v) is 8.94. The number of rotatable bonds is 19. The van der Waals surface area contributed by atoms with Crippen LogP contribution in [-0.2, 0) is 19.1 Å². The zero-order valence-corrected chi connectivity index (χ0v) is 32.7. The molecule has 0 spiro atoms. The smallest absolute Gasteiger partial charge is 0.336 e. The van der Waals surface area contributed by atoms with Crippen molar-refractivity contribution in [1.82, 2.24) is 0 Å². The maximum absolute atomic E-state index is 12.6. The Morgan fingerprint density at radius 2 is 0.793 bits per heavy atom. The molecule has 8 heteroatoms. The molecule has 0 atom stereocenters. The van der Waals surface area contributed by atoms with Gasteiger partial charge in [-0.15, -0.1) is 0 Å². The van der Waals surface area contributed by atoms with Crippen LogP contribution in [0.5, 0.6) is 23.0 Å². The first-order valence-corrected chi connectivity index (χ1v) is 19.2. The van der Waals surface area contributed by atoms with Gasteiger partial charge in [0.05, 0.1) is 37.6 Å². The highest BCUT2D eigenvalue weighted by Crippen LogP contribution is 2.33. The van der Waals surface area contributed by atoms with Crippen LogP contribution < -0.4 is 18.9 Å². The maximum atomic E-state index is 12.6. The van der Waals surface area contributed by atoms with Crippen molar-refractivity contribution in [3.63, 3.8) is 0 Å². The lowest BCUT2D eigenvalue weighted by molar-refractivity contribution is -0.140. The van der Waals surface area contributed by atoms with Crippen LogP contribution in [0.25, 0.3) is 33.4 Å².